The molecule has 1 saturated heterocycles. The number of halogens is 1. The summed E-state index contributed by atoms with van der Waals surface area (Å²) in [4.78, 5) is 20.5. The molecule has 158 valence electrons. The maximum absolute atomic E-state index is 14.3. The van der Waals surface area contributed by atoms with Crippen molar-refractivity contribution >= 4 is 16.8 Å². The number of fused-ring (bicyclic) bond motifs is 1. The molecule has 2 heterocycles. The number of nitrogens with zero attached hydrogens (tertiary/aromatic N) is 2. The molecule has 1 aliphatic rings. The van der Waals surface area contributed by atoms with E-state index in [1.165, 1.54) is 6.07 Å². The highest BCUT2D eigenvalue weighted by atomic mass is 19.1. The van der Waals surface area contributed by atoms with Crippen LogP contribution in [0.25, 0.3) is 10.9 Å². The van der Waals surface area contributed by atoms with Gasteiger partial charge in [0.15, 0.2) is 0 Å². The normalized spacial score (nSPS) is 14.7. The summed E-state index contributed by atoms with van der Waals surface area (Å²) in [6.07, 6.45) is 0. The molecule has 7 heteroatoms. The summed E-state index contributed by atoms with van der Waals surface area (Å²) in [5.41, 5.74) is 1.82. The SMILES string of the molecule is COc1ccc2cc(C(=O)N(CCN3CCOCC3)Cc3ccccc3F)[nH]c2c1. The van der Waals surface area contributed by atoms with Crippen LogP contribution in [-0.4, -0.2) is 67.2 Å². The maximum atomic E-state index is 14.3. The van der Waals surface area contributed by atoms with Gasteiger partial charge in [0.2, 0.25) is 0 Å². The van der Waals surface area contributed by atoms with E-state index < -0.39 is 0 Å². The molecule has 1 aliphatic heterocycles. The lowest BCUT2D eigenvalue weighted by molar-refractivity contribution is 0.0319. The van der Waals surface area contributed by atoms with Gasteiger partial charge in [-0.2, -0.15) is 0 Å². The van der Waals surface area contributed by atoms with E-state index >= 15 is 0 Å². The lowest BCUT2D eigenvalue weighted by Crippen LogP contribution is -2.43. The molecular weight excluding hydrogens is 385 g/mol. The summed E-state index contributed by atoms with van der Waals surface area (Å²) in [7, 11) is 1.61. The lowest BCUT2D eigenvalue weighted by atomic mass is 10.2. The summed E-state index contributed by atoms with van der Waals surface area (Å²) in [6, 6.07) is 14.1. The van der Waals surface area contributed by atoms with Gasteiger partial charge < -0.3 is 19.4 Å². The highest BCUT2D eigenvalue weighted by molar-refractivity contribution is 5.98. The van der Waals surface area contributed by atoms with Crippen LogP contribution in [-0.2, 0) is 11.3 Å². The largest absolute Gasteiger partial charge is 0.497 e. The van der Waals surface area contributed by atoms with E-state index in [0.29, 0.717) is 31.0 Å². The van der Waals surface area contributed by atoms with Crippen LogP contribution in [0.1, 0.15) is 16.1 Å². The van der Waals surface area contributed by atoms with Gasteiger partial charge in [-0.1, -0.05) is 18.2 Å². The van der Waals surface area contributed by atoms with Crippen LogP contribution in [0.15, 0.2) is 48.5 Å². The minimum atomic E-state index is -0.303. The summed E-state index contributed by atoms with van der Waals surface area (Å²) >= 11 is 0. The van der Waals surface area contributed by atoms with Gasteiger partial charge in [0, 0.05) is 55.3 Å². The Labute approximate surface area is 175 Å². The van der Waals surface area contributed by atoms with Crippen molar-refractivity contribution in [1.29, 1.82) is 0 Å². The Morgan fingerprint density at radius 1 is 1.20 bits per heavy atom. The first-order valence-corrected chi connectivity index (χ1v) is 10.1. The van der Waals surface area contributed by atoms with Gasteiger partial charge >= 0.3 is 0 Å². The van der Waals surface area contributed by atoms with Gasteiger partial charge in [0.05, 0.1) is 20.3 Å². The number of nitrogens with one attached hydrogen (secondary N) is 1. The minimum absolute atomic E-state index is 0.151. The molecule has 0 spiro atoms. The second kappa shape index (κ2) is 9.28. The Kier molecular flexibility index (Phi) is 6.30. The van der Waals surface area contributed by atoms with Crippen LogP contribution in [0.2, 0.25) is 0 Å². The topological polar surface area (TPSA) is 57.8 Å². The number of aromatic nitrogens is 1. The van der Waals surface area contributed by atoms with Crippen LogP contribution in [0.3, 0.4) is 0 Å². The molecule has 30 heavy (non-hydrogen) atoms. The predicted octanol–water partition coefficient (Wildman–Crippen LogP) is 3.29. The third kappa shape index (κ3) is 4.63. The molecule has 0 saturated carbocycles. The van der Waals surface area contributed by atoms with Crippen molar-refractivity contribution in [1.82, 2.24) is 14.8 Å². The Morgan fingerprint density at radius 3 is 2.77 bits per heavy atom. The Morgan fingerprint density at radius 2 is 2.00 bits per heavy atom. The van der Waals surface area contributed by atoms with Gasteiger partial charge in [0.1, 0.15) is 17.3 Å². The number of aromatic amines is 1. The van der Waals surface area contributed by atoms with E-state index in [1.54, 1.807) is 30.2 Å². The number of H-pyrrole nitrogens is 1. The van der Waals surface area contributed by atoms with E-state index in [4.69, 9.17) is 9.47 Å². The van der Waals surface area contributed by atoms with Crippen molar-refractivity contribution < 1.29 is 18.7 Å². The Bertz CT molecular complexity index is 1010. The zero-order chi connectivity index (χ0) is 20.9. The standard InChI is InChI=1S/C23H26FN3O3/c1-29-19-7-6-17-14-22(25-21(17)15-19)23(28)27(9-8-26-10-12-30-13-11-26)16-18-4-2-3-5-20(18)24/h2-7,14-15,25H,8-13,16H2,1H3. The van der Waals surface area contributed by atoms with E-state index in [-0.39, 0.29) is 18.3 Å². The van der Waals surface area contributed by atoms with Crippen LogP contribution < -0.4 is 4.74 Å². The van der Waals surface area contributed by atoms with E-state index in [1.807, 2.05) is 24.3 Å². The van der Waals surface area contributed by atoms with Crippen LogP contribution in [0.4, 0.5) is 4.39 Å². The number of rotatable bonds is 7. The number of ether oxygens (including phenoxy) is 2. The molecule has 0 radical (unpaired) electrons. The van der Waals surface area contributed by atoms with Gasteiger partial charge in [-0.25, -0.2) is 4.39 Å². The molecule has 0 atom stereocenters. The highest BCUT2D eigenvalue weighted by Gasteiger charge is 2.21. The van der Waals surface area contributed by atoms with Crippen molar-refractivity contribution in [2.75, 3.05) is 46.5 Å². The second-order valence-electron chi connectivity index (χ2n) is 7.41. The molecular formula is C23H26FN3O3. The zero-order valence-corrected chi connectivity index (χ0v) is 17.1. The van der Waals surface area contributed by atoms with E-state index in [2.05, 4.69) is 9.88 Å². The monoisotopic (exact) mass is 411 g/mol. The highest BCUT2D eigenvalue weighted by Crippen LogP contribution is 2.22. The first-order valence-electron chi connectivity index (χ1n) is 10.1. The number of carbonyl (C=O) groups is 1. The molecule has 1 aromatic heterocycles. The van der Waals surface area contributed by atoms with Crippen LogP contribution >= 0.6 is 0 Å². The van der Waals surface area contributed by atoms with Crippen molar-refractivity contribution in [3.63, 3.8) is 0 Å². The molecule has 0 bridgehead atoms. The second-order valence-corrected chi connectivity index (χ2v) is 7.41. The zero-order valence-electron chi connectivity index (χ0n) is 17.1. The summed E-state index contributed by atoms with van der Waals surface area (Å²) in [5, 5.41) is 0.929. The number of hydrogen-bond acceptors (Lipinski definition) is 4. The van der Waals surface area contributed by atoms with Crippen molar-refractivity contribution in [2.45, 2.75) is 6.54 Å². The number of morpholine rings is 1. The first kappa shape index (κ1) is 20.4. The first-order chi connectivity index (χ1) is 14.6. The van der Waals surface area contributed by atoms with Crippen LogP contribution in [0.5, 0.6) is 5.75 Å². The number of carbonyl (C=O) groups excluding carboxylic acids is 1. The van der Waals surface area contributed by atoms with Crippen LogP contribution in [0, 0.1) is 5.82 Å². The molecule has 1 amide bonds. The quantitative estimate of drug-likeness (QED) is 0.648. The maximum Gasteiger partial charge on any atom is 0.270 e. The average molecular weight is 411 g/mol. The fraction of sp³-hybridized carbons (Fsp3) is 0.348. The molecule has 6 nitrogen and oxygen atoms in total. The number of amides is 1. The summed E-state index contributed by atoms with van der Waals surface area (Å²) in [5.74, 6) is 0.267. The average Bonchev–Trinajstić information content (AvgIpc) is 3.21. The predicted molar refractivity (Wildman–Crippen MR) is 113 cm³/mol. The summed E-state index contributed by atoms with van der Waals surface area (Å²) in [6.45, 7) is 4.52. The molecule has 0 aliphatic carbocycles. The molecule has 1 fully saturated rings. The number of hydrogen-bond donors (Lipinski definition) is 1. The van der Waals surface area contributed by atoms with Gasteiger partial charge in [-0.05, 0) is 24.3 Å². The number of methoxy groups -OCH3 is 1. The Hall–Kier alpha value is -2.90. The smallest absolute Gasteiger partial charge is 0.270 e. The van der Waals surface area contributed by atoms with E-state index in [0.717, 1.165) is 36.3 Å². The van der Waals surface area contributed by atoms with E-state index in [9.17, 15) is 9.18 Å². The molecule has 4 rings (SSSR count). The fourth-order valence-electron chi connectivity index (χ4n) is 3.69. The molecule has 1 N–H and O–H groups in total. The number of benzene rings is 2. The third-order valence-corrected chi connectivity index (χ3v) is 5.46. The van der Waals surface area contributed by atoms with Gasteiger partial charge in [-0.15, -0.1) is 0 Å². The van der Waals surface area contributed by atoms with Gasteiger partial charge in [0.25, 0.3) is 5.91 Å². The third-order valence-electron chi connectivity index (χ3n) is 5.46. The lowest BCUT2D eigenvalue weighted by Gasteiger charge is -2.30. The Balaban J connectivity index is 1.56. The van der Waals surface area contributed by atoms with Gasteiger partial charge in [-0.3, -0.25) is 9.69 Å². The fourth-order valence-corrected chi connectivity index (χ4v) is 3.69. The summed E-state index contributed by atoms with van der Waals surface area (Å²) < 4.78 is 24.9. The minimum Gasteiger partial charge on any atom is -0.497 e. The van der Waals surface area contributed by atoms with Crippen molar-refractivity contribution in [3.8, 4) is 5.75 Å². The molecule has 3 aromatic rings. The van der Waals surface area contributed by atoms with Crippen molar-refractivity contribution in [3.05, 3.63) is 65.6 Å². The molecule has 2 aromatic carbocycles. The molecule has 0 unspecified atom stereocenters. The van der Waals surface area contributed by atoms with Crippen molar-refractivity contribution in [2.24, 2.45) is 0 Å².